The molecular formula is C17H22ClNO2. The van der Waals surface area contributed by atoms with Crippen LogP contribution in [0.5, 0.6) is 0 Å². The van der Waals surface area contributed by atoms with Crippen molar-refractivity contribution in [1.82, 2.24) is 0 Å². The summed E-state index contributed by atoms with van der Waals surface area (Å²) in [6.07, 6.45) is 8.72. The Hall–Kier alpha value is -1.48. The van der Waals surface area contributed by atoms with Gasteiger partial charge in [-0.1, -0.05) is 31.0 Å². The summed E-state index contributed by atoms with van der Waals surface area (Å²) < 4.78 is 0. The summed E-state index contributed by atoms with van der Waals surface area (Å²) in [5.74, 6) is -0.954. The van der Waals surface area contributed by atoms with Gasteiger partial charge in [0.15, 0.2) is 0 Å². The second kappa shape index (κ2) is 7.51. The minimum Gasteiger partial charge on any atom is -0.478 e. The Kier molecular flexibility index (Phi) is 5.68. The van der Waals surface area contributed by atoms with E-state index in [1.54, 1.807) is 6.08 Å². The van der Waals surface area contributed by atoms with E-state index >= 15 is 0 Å². The molecule has 0 aliphatic carbocycles. The number of hydrogen-bond donors (Lipinski definition) is 1. The van der Waals surface area contributed by atoms with Crippen LogP contribution in [0.15, 0.2) is 24.3 Å². The number of hydrogen-bond acceptors (Lipinski definition) is 2. The van der Waals surface area contributed by atoms with E-state index in [0.29, 0.717) is 11.1 Å². The smallest absolute Gasteiger partial charge is 0.328 e. The van der Waals surface area contributed by atoms with Crippen LogP contribution in [-0.2, 0) is 4.79 Å². The molecule has 1 saturated heterocycles. The van der Waals surface area contributed by atoms with E-state index in [-0.39, 0.29) is 0 Å². The molecule has 1 aromatic rings. The van der Waals surface area contributed by atoms with E-state index in [1.165, 1.54) is 19.3 Å². The normalized spacial score (nSPS) is 19.1. The Balaban J connectivity index is 2.37. The van der Waals surface area contributed by atoms with Gasteiger partial charge in [0.25, 0.3) is 0 Å². The molecule has 1 unspecified atom stereocenters. The lowest BCUT2D eigenvalue weighted by atomic mass is 9.96. The Morgan fingerprint density at radius 3 is 3.00 bits per heavy atom. The summed E-state index contributed by atoms with van der Waals surface area (Å²) in [6, 6.07) is 6.32. The summed E-state index contributed by atoms with van der Waals surface area (Å²) in [4.78, 5) is 13.2. The van der Waals surface area contributed by atoms with Crippen LogP contribution < -0.4 is 4.90 Å². The third kappa shape index (κ3) is 4.01. The molecule has 0 aromatic heterocycles. The van der Waals surface area contributed by atoms with Gasteiger partial charge in [-0.25, -0.2) is 4.79 Å². The fourth-order valence-electron chi connectivity index (χ4n) is 3.05. The molecule has 3 nitrogen and oxygen atoms in total. The molecule has 0 saturated carbocycles. The summed E-state index contributed by atoms with van der Waals surface area (Å²) in [5, 5.41) is 9.46. The summed E-state index contributed by atoms with van der Waals surface area (Å²) in [6.45, 7) is 3.22. The van der Waals surface area contributed by atoms with Crippen LogP contribution in [0.1, 0.15) is 44.6 Å². The maximum absolute atomic E-state index is 10.8. The molecule has 114 valence electrons. The van der Waals surface area contributed by atoms with Crippen molar-refractivity contribution in [3.63, 3.8) is 0 Å². The fourth-order valence-corrected chi connectivity index (χ4v) is 3.28. The van der Waals surface area contributed by atoms with Crippen LogP contribution in [0.3, 0.4) is 0 Å². The van der Waals surface area contributed by atoms with Gasteiger partial charge in [0.2, 0.25) is 0 Å². The Bertz CT molecular complexity index is 526. The zero-order valence-electron chi connectivity index (χ0n) is 12.4. The topological polar surface area (TPSA) is 40.5 Å². The van der Waals surface area contributed by atoms with Crippen LogP contribution in [0.25, 0.3) is 6.08 Å². The molecule has 1 atom stereocenters. The maximum Gasteiger partial charge on any atom is 0.328 e. The van der Waals surface area contributed by atoms with Gasteiger partial charge < -0.3 is 10.0 Å². The van der Waals surface area contributed by atoms with Crippen molar-refractivity contribution in [3.8, 4) is 0 Å². The first kappa shape index (κ1) is 15.9. The lowest BCUT2D eigenvalue weighted by Crippen LogP contribution is -2.39. The molecule has 1 heterocycles. The molecule has 0 amide bonds. The molecule has 21 heavy (non-hydrogen) atoms. The number of anilines is 1. The number of carboxylic acids is 1. The van der Waals surface area contributed by atoms with Crippen molar-refractivity contribution in [1.29, 1.82) is 0 Å². The number of halogens is 1. The molecule has 0 radical (unpaired) electrons. The van der Waals surface area contributed by atoms with E-state index in [0.717, 1.165) is 36.7 Å². The van der Waals surface area contributed by atoms with Crippen LogP contribution in [0.4, 0.5) is 5.69 Å². The lowest BCUT2D eigenvalue weighted by Gasteiger charge is -2.38. The van der Waals surface area contributed by atoms with E-state index in [2.05, 4.69) is 11.8 Å². The average Bonchev–Trinajstić information content (AvgIpc) is 2.46. The Labute approximate surface area is 131 Å². The van der Waals surface area contributed by atoms with Crippen molar-refractivity contribution in [2.24, 2.45) is 0 Å². The number of piperidine rings is 1. The second-order valence-corrected chi connectivity index (χ2v) is 5.88. The standard InChI is InChI=1S/C17H22ClNO2/c1-2-6-13-7-3-4-12-19(13)16-9-5-8-15(18)14(16)10-11-17(20)21/h5,8-11,13H,2-4,6-7,12H2,1H3,(H,20,21)/b11-10+. The van der Waals surface area contributed by atoms with Gasteiger partial charge in [0.1, 0.15) is 0 Å². The molecule has 0 spiro atoms. The third-order valence-corrected chi connectivity index (χ3v) is 4.31. The van der Waals surface area contributed by atoms with Crippen molar-refractivity contribution in [3.05, 3.63) is 34.9 Å². The van der Waals surface area contributed by atoms with E-state index < -0.39 is 5.97 Å². The first-order valence-corrected chi connectivity index (χ1v) is 7.97. The highest BCUT2D eigenvalue weighted by Crippen LogP contribution is 2.34. The first-order chi connectivity index (χ1) is 10.1. The minimum atomic E-state index is -0.954. The quantitative estimate of drug-likeness (QED) is 0.808. The lowest BCUT2D eigenvalue weighted by molar-refractivity contribution is -0.131. The third-order valence-electron chi connectivity index (χ3n) is 3.98. The largest absolute Gasteiger partial charge is 0.478 e. The van der Waals surface area contributed by atoms with Gasteiger partial charge in [-0.15, -0.1) is 0 Å². The molecule has 0 bridgehead atoms. The summed E-state index contributed by atoms with van der Waals surface area (Å²) in [7, 11) is 0. The van der Waals surface area contributed by atoms with E-state index in [9.17, 15) is 4.79 Å². The number of nitrogens with zero attached hydrogens (tertiary/aromatic N) is 1. The van der Waals surface area contributed by atoms with Crippen molar-refractivity contribution < 1.29 is 9.90 Å². The number of carboxylic acid groups (broad SMARTS) is 1. The van der Waals surface area contributed by atoms with Crippen LogP contribution in [0.2, 0.25) is 5.02 Å². The molecule has 1 N–H and O–H groups in total. The zero-order chi connectivity index (χ0) is 15.2. The van der Waals surface area contributed by atoms with E-state index in [1.807, 2.05) is 18.2 Å². The number of benzene rings is 1. The Morgan fingerprint density at radius 2 is 2.29 bits per heavy atom. The average molecular weight is 308 g/mol. The first-order valence-electron chi connectivity index (χ1n) is 7.59. The predicted octanol–water partition coefficient (Wildman–Crippen LogP) is 4.60. The van der Waals surface area contributed by atoms with Gasteiger partial charge in [-0.3, -0.25) is 0 Å². The molecule has 1 aliphatic heterocycles. The van der Waals surface area contributed by atoms with Gasteiger partial charge in [-0.05, 0) is 43.9 Å². The highest BCUT2D eigenvalue weighted by atomic mass is 35.5. The monoisotopic (exact) mass is 307 g/mol. The molecule has 4 heteroatoms. The number of carbonyl (C=O) groups is 1. The molecule has 1 aliphatic rings. The van der Waals surface area contributed by atoms with Crippen molar-refractivity contribution in [2.45, 2.75) is 45.1 Å². The fraction of sp³-hybridized carbons (Fsp3) is 0.471. The number of aliphatic carboxylic acids is 1. The van der Waals surface area contributed by atoms with Crippen molar-refractivity contribution in [2.75, 3.05) is 11.4 Å². The number of rotatable bonds is 5. The van der Waals surface area contributed by atoms with Gasteiger partial charge >= 0.3 is 5.97 Å². The molecule has 1 fully saturated rings. The second-order valence-electron chi connectivity index (χ2n) is 5.48. The van der Waals surface area contributed by atoms with Gasteiger partial charge in [0, 0.05) is 34.9 Å². The SMILES string of the molecule is CCCC1CCCCN1c1cccc(Cl)c1/C=C/C(=O)O. The van der Waals surface area contributed by atoms with Crippen LogP contribution in [0, 0.1) is 0 Å². The van der Waals surface area contributed by atoms with Crippen LogP contribution in [-0.4, -0.2) is 23.7 Å². The molecular weight excluding hydrogens is 286 g/mol. The molecule has 1 aromatic carbocycles. The van der Waals surface area contributed by atoms with Crippen LogP contribution >= 0.6 is 11.6 Å². The molecule has 2 rings (SSSR count). The summed E-state index contributed by atoms with van der Waals surface area (Å²) >= 11 is 6.29. The van der Waals surface area contributed by atoms with Gasteiger partial charge in [0.05, 0.1) is 0 Å². The van der Waals surface area contributed by atoms with Crippen molar-refractivity contribution >= 4 is 29.3 Å². The minimum absolute atomic E-state index is 0.527. The van der Waals surface area contributed by atoms with E-state index in [4.69, 9.17) is 16.7 Å². The highest BCUT2D eigenvalue weighted by molar-refractivity contribution is 6.32. The highest BCUT2D eigenvalue weighted by Gasteiger charge is 2.23. The Morgan fingerprint density at radius 1 is 1.48 bits per heavy atom. The van der Waals surface area contributed by atoms with Gasteiger partial charge in [-0.2, -0.15) is 0 Å². The zero-order valence-corrected chi connectivity index (χ0v) is 13.1. The summed E-state index contributed by atoms with van der Waals surface area (Å²) in [5.41, 5.74) is 1.86. The maximum atomic E-state index is 10.8. The predicted molar refractivity (Wildman–Crippen MR) is 88.0 cm³/mol.